The summed E-state index contributed by atoms with van der Waals surface area (Å²) in [5.74, 6) is -0.168. The van der Waals surface area contributed by atoms with Crippen molar-refractivity contribution in [2.45, 2.75) is 25.4 Å². The van der Waals surface area contributed by atoms with Crippen LogP contribution in [0.1, 0.15) is 28.8 Å². The smallest absolute Gasteiger partial charge is 0.254 e. The first kappa shape index (κ1) is 18.9. The second kappa shape index (κ2) is 8.74. The Morgan fingerprint density at radius 2 is 1.55 bits per heavy atom. The Kier molecular flexibility index (Phi) is 5.71. The molecule has 29 heavy (non-hydrogen) atoms. The van der Waals surface area contributed by atoms with E-state index in [1.54, 1.807) is 4.90 Å². The zero-order valence-electron chi connectivity index (χ0n) is 16.3. The van der Waals surface area contributed by atoms with Crippen LogP contribution >= 0.6 is 0 Å². The summed E-state index contributed by atoms with van der Waals surface area (Å²) in [5, 5.41) is 2.98. The van der Waals surface area contributed by atoms with Crippen molar-refractivity contribution in [2.24, 2.45) is 0 Å². The van der Waals surface area contributed by atoms with Crippen LogP contribution in [0, 0.1) is 0 Å². The minimum absolute atomic E-state index is 0.0832. The van der Waals surface area contributed by atoms with Crippen LogP contribution in [-0.4, -0.2) is 29.3 Å². The van der Waals surface area contributed by atoms with Gasteiger partial charge in [0.25, 0.3) is 5.91 Å². The number of carbonyl (C=O) groups excluding carboxylic acids is 2. The molecule has 4 heteroatoms. The van der Waals surface area contributed by atoms with Crippen molar-refractivity contribution in [3.05, 3.63) is 96.1 Å². The van der Waals surface area contributed by atoms with Gasteiger partial charge in [-0.15, -0.1) is 0 Å². The topological polar surface area (TPSA) is 49.4 Å². The highest BCUT2D eigenvalue weighted by atomic mass is 16.2. The SMILES string of the molecule is O=C(NCc1ccccc1)[C@@H]1CCCN1C(=O)c1cccc(-c2ccccc2)c1. The highest BCUT2D eigenvalue weighted by Gasteiger charge is 2.34. The van der Waals surface area contributed by atoms with Gasteiger partial charge in [-0.25, -0.2) is 0 Å². The summed E-state index contributed by atoms with van der Waals surface area (Å²) in [7, 11) is 0. The molecule has 0 saturated carbocycles. The van der Waals surface area contributed by atoms with Crippen molar-refractivity contribution in [1.29, 1.82) is 0 Å². The number of nitrogens with zero attached hydrogens (tertiary/aromatic N) is 1. The molecule has 146 valence electrons. The van der Waals surface area contributed by atoms with E-state index in [0.717, 1.165) is 23.1 Å². The third-order valence-corrected chi connectivity index (χ3v) is 5.34. The maximum absolute atomic E-state index is 13.2. The van der Waals surface area contributed by atoms with Crippen molar-refractivity contribution >= 4 is 11.8 Å². The minimum atomic E-state index is -0.411. The fraction of sp³-hybridized carbons (Fsp3) is 0.200. The third-order valence-electron chi connectivity index (χ3n) is 5.34. The van der Waals surface area contributed by atoms with Gasteiger partial charge in [0.05, 0.1) is 0 Å². The predicted molar refractivity (Wildman–Crippen MR) is 114 cm³/mol. The lowest BCUT2D eigenvalue weighted by Crippen LogP contribution is -2.45. The number of amides is 2. The van der Waals surface area contributed by atoms with E-state index >= 15 is 0 Å². The summed E-state index contributed by atoms with van der Waals surface area (Å²) in [6.45, 7) is 1.08. The number of nitrogens with one attached hydrogen (secondary N) is 1. The Balaban J connectivity index is 1.47. The van der Waals surface area contributed by atoms with Gasteiger partial charge in [0, 0.05) is 18.7 Å². The van der Waals surface area contributed by atoms with Gasteiger partial charge in [-0.3, -0.25) is 9.59 Å². The fourth-order valence-corrected chi connectivity index (χ4v) is 3.81. The molecule has 0 unspecified atom stereocenters. The van der Waals surface area contributed by atoms with E-state index in [-0.39, 0.29) is 11.8 Å². The minimum Gasteiger partial charge on any atom is -0.350 e. The van der Waals surface area contributed by atoms with Gasteiger partial charge < -0.3 is 10.2 Å². The van der Waals surface area contributed by atoms with Crippen LogP contribution in [0.15, 0.2) is 84.9 Å². The zero-order chi connectivity index (χ0) is 20.1. The molecule has 0 aromatic heterocycles. The second-order valence-electron chi connectivity index (χ2n) is 7.31. The van der Waals surface area contributed by atoms with Crippen LogP contribution in [0.2, 0.25) is 0 Å². The van der Waals surface area contributed by atoms with Crippen molar-refractivity contribution < 1.29 is 9.59 Å². The monoisotopic (exact) mass is 384 g/mol. The Bertz CT molecular complexity index is 986. The van der Waals surface area contributed by atoms with Gasteiger partial charge in [0.15, 0.2) is 0 Å². The number of carbonyl (C=O) groups is 2. The van der Waals surface area contributed by atoms with Crippen LogP contribution in [0.4, 0.5) is 0 Å². The normalized spacial score (nSPS) is 15.9. The van der Waals surface area contributed by atoms with Crippen LogP contribution in [0.25, 0.3) is 11.1 Å². The quantitative estimate of drug-likeness (QED) is 0.714. The molecule has 0 radical (unpaired) electrons. The highest BCUT2D eigenvalue weighted by Crippen LogP contribution is 2.24. The Labute approximate surface area is 171 Å². The molecule has 1 saturated heterocycles. The summed E-state index contributed by atoms with van der Waals surface area (Å²) >= 11 is 0. The molecular weight excluding hydrogens is 360 g/mol. The molecule has 3 aromatic carbocycles. The van der Waals surface area contributed by atoms with E-state index in [4.69, 9.17) is 0 Å². The number of rotatable bonds is 5. The molecule has 1 atom stereocenters. The van der Waals surface area contributed by atoms with Crippen LogP contribution in [0.3, 0.4) is 0 Å². The molecule has 0 aliphatic carbocycles. The summed E-state index contributed by atoms with van der Waals surface area (Å²) in [5.41, 5.74) is 3.74. The lowest BCUT2D eigenvalue weighted by Gasteiger charge is -2.24. The summed E-state index contributed by atoms with van der Waals surface area (Å²) < 4.78 is 0. The van der Waals surface area contributed by atoms with E-state index in [2.05, 4.69) is 5.32 Å². The molecule has 4 nitrogen and oxygen atoms in total. The molecule has 1 N–H and O–H groups in total. The average molecular weight is 384 g/mol. The van der Waals surface area contributed by atoms with Gasteiger partial charge in [-0.1, -0.05) is 72.8 Å². The third kappa shape index (κ3) is 4.37. The molecule has 1 aliphatic heterocycles. The number of benzene rings is 3. The summed E-state index contributed by atoms with van der Waals surface area (Å²) in [6, 6.07) is 27.0. The summed E-state index contributed by atoms with van der Waals surface area (Å²) in [4.78, 5) is 27.6. The van der Waals surface area contributed by atoms with Crippen molar-refractivity contribution in [3.8, 4) is 11.1 Å². The van der Waals surface area contributed by atoms with Crippen molar-refractivity contribution in [3.63, 3.8) is 0 Å². The molecule has 0 spiro atoms. The lowest BCUT2D eigenvalue weighted by molar-refractivity contribution is -0.125. The number of hydrogen-bond donors (Lipinski definition) is 1. The Morgan fingerprint density at radius 3 is 2.31 bits per heavy atom. The number of likely N-dealkylation sites (tertiary alicyclic amines) is 1. The van der Waals surface area contributed by atoms with Gasteiger partial charge >= 0.3 is 0 Å². The van der Waals surface area contributed by atoms with E-state index in [1.165, 1.54) is 0 Å². The first-order chi connectivity index (χ1) is 14.2. The fourth-order valence-electron chi connectivity index (χ4n) is 3.81. The molecule has 1 fully saturated rings. The Hall–Kier alpha value is -3.40. The molecule has 1 aliphatic rings. The predicted octanol–water partition coefficient (Wildman–Crippen LogP) is 4.27. The largest absolute Gasteiger partial charge is 0.350 e. The molecule has 3 aromatic rings. The van der Waals surface area contributed by atoms with Crippen molar-refractivity contribution in [2.75, 3.05) is 6.54 Å². The second-order valence-corrected chi connectivity index (χ2v) is 7.31. The molecule has 2 amide bonds. The Morgan fingerprint density at radius 1 is 0.862 bits per heavy atom. The van der Waals surface area contributed by atoms with E-state index < -0.39 is 6.04 Å². The van der Waals surface area contributed by atoms with Gasteiger partial charge in [-0.2, -0.15) is 0 Å². The number of hydrogen-bond acceptors (Lipinski definition) is 2. The molecule has 0 bridgehead atoms. The maximum atomic E-state index is 13.2. The molecule has 1 heterocycles. The highest BCUT2D eigenvalue weighted by molar-refractivity contribution is 5.98. The first-order valence-corrected chi connectivity index (χ1v) is 10.0. The lowest BCUT2D eigenvalue weighted by atomic mass is 10.0. The van der Waals surface area contributed by atoms with Crippen LogP contribution in [-0.2, 0) is 11.3 Å². The van der Waals surface area contributed by atoms with Gasteiger partial charge in [0.2, 0.25) is 5.91 Å². The summed E-state index contributed by atoms with van der Waals surface area (Å²) in [6.07, 6.45) is 1.54. The maximum Gasteiger partial charge on any atom is 0.254 e. The zero-order valence-corrected chi connectivity index (χ0v) is 16.3. The van der Waals surface area contributed by atoms with Crippen molar-refractivity contribution in [1.82, 2.24) is 10.2 Å². The van der Waals surface area contributed by atoms with E-state index in [9.17, 15) is 9.59 Å². The van der Waals surface area contributed by atoms with E-state index in [0.29, 0.717) is 25.1 Å². The van der Waals surface area contributed by atoms with E-state index in [1.807, 2.05) is 84.9 Å². The molecular formula is C25H24N2O2. The standard InChI is InChI=1S/C25H24N2O2/c28-24(26-18-19-9-3-1-4-10-19)23-15-8-16-27(23)25(29)22-14-7-13-21(17-22)20-11-5-2-6-12-20/h1-7,9-14,17,23H,8,15-16,18H2,(H,26,28)/t23-/m0/s1. The average Bonchev–Trinajstić information content (AvgIpc) is 3.28. The first-order valence-electron chi connectivity index (χ1n) is 10.0. The van der Waals surface area contributed by atoms with Crippen LogP contribution in [0.5, 0.6) is 0 Å². The molecule has 4 rings (SSSR count). The van der Waals surface area contributed by atoms with Gasteiger partial charge in [0.1, 0.15) is 6.04 Å². The van der Waals surface area contributed by atoms with Crippen LogP contribution < -0.4 is 5.32 Å². The van der Waals surface area contributed by atoms with Gasteiger partial charge in [-0.05, 0) is 41.7 Å².